The van der Waals surface area contributed by atoms with Crippen LogP contribution >= 0.6 is 11.8 Å². The van der Waals surface area contributed by atoms with Gasteiger partial charge in [0.25, 0.3) is 0 Å². The number of hydrogen-bond acceptors (Lipinski definition) is 2. The lowest BCUT2D eigenvalue weighted by atomic mass is 9.98. The molecule has 0 aromatic heterocycles. The van der Waals surface area contributed by atoms with Crippen LogP contribution in [0, 0.1) is 5.92 Å². The van der Waals surface area contributed by atoms with E-state index in [9.17, 15) is 5.11 Å². The third-order valence-electron chi connectivity index (χ3n) is 2.97. The van der Waals surface area contributed by atoms with Crippen molar-refractivity contribution in [3.63, 3.8) is 0 Å². The molecule has 0 unspecified atom stereocenters. The zero-order valence-corrected chi connectivity index (χ0v) is 7.65. The molecule has 0 spiro atoms. The molecule has 0 bridgehead atoms. The largest absolute Gasteiger partial charge is 0.392 e. The van der Waals surface area contributed by atoms with Gasteiger partial charge in [-0.15, -0.1) is 0 Å². The lowest BCUT2D eigenvalue weighted by Gasteiger charge is -2.20. The van der Waals surface area contributed by atoms with Crippen molar-refractivity contribution in [3.8, 4) is 0 Å². The van der Waals surface area contributed by atoms with Crippen LogP contribution in [-0.4, -0.2) is 22.2 Å². The molecule has 0 aromatic rings. The average molecular weight is 172 g/mol. The second-order valence-corrected chi connectivity index (χ2v) is 5.02. The van der Waals surface area contributed by atoms with Crippen molar-refractivity contribution in [2.75, 3.05) is 5.75 Å². The maximum atomic E-state index is 9.63. The number of aliphatic hydroxyl groups is 1. The van der Waals surface area contributed by atoms with E-state index in [1.807, 2.05) is 11.8 Å². The molecule has 2 heteroatoms. The molecule has 2 aliphatic rings. The van der Waals surface area contributed by atoms with Gasteiger partial charge in [-0.25, -0.2) is 0 Å². The summed E-state index contributed by atoms with van der Waals surface area (Å²) in [6.07, 6.45) is 6.58. The van der Waals surface area contributed by atoms with Crippen molar-refractivity contribution in [3.05, 3.63) is 0 Å². The smallest absolute Gasteiger partial charge is 0.0669 e. The van der Waals surface area contributed by atoms with Gasteiger partial charge in [0.2, 0.25) is 0 Å². The SMILES string of the molecule is O[C@@H]1CCS[C@@H]1C1CCCC1. The first kappa shape index (κ1) is 7.93. The van der Waals surface area contributed by atoms with Crippen LogP contribution in [0.15, 0.2) is 0 Å². The molecule has 2 fully saturated rings. The van der Waals surface area contributed by atoms with Gasteiger partial charge in [0.05, 0.1) is 6.10 Å². The van der Waals surface area contributed by atoms with E-state index in [4.69, 9.17) is 0 Å². The Morgan fingerprint density at radius 1 is 1.09 bits per heavy atom. The summed E-state index contributed by atoms with van der Waals surface area (Å²) in [5.74, 6) is 2.03. The van der Waals surface area contributed by atoms with Crippen molar-refractivity contribution in [1.82, 2.24) is 0 Å². The van der Waals surface area contributed by atoms with Crippen molar-refractivity contribution in [2.24, 2.45) is 5.92 Å². The van der Waals surface area contributed by atoms with Crippen LogP contribution in [0.4, 0.5) is 0 Å². The molecular weight excluding hydrogens is 156 g/mol. The Bertz CT molecular complexity index is 132. The number of rotatable bonds is 1. The zero-order chi connectivity index (χ0) is 7.68. The predicted molar refractivity (Wildman–Crippen MR) is 48.8 cm³/mol. The Kier molecular flexibility index (Phi) is 2.42. The van der Waals surface area contributed by atoms with Gasteiger partial charge in [0.1, 0.15) is 0 Å². The molecule has 2 rings (SSSR count). The Hall–Kier alpha value is 0.310. The normalized spacial score (nSPS) is 40.1. The van der Waals surface area contributed by atoms with Crippen molar-refractivity contribution in [1.29, 1.82) is 0 Å². The molecule has 1 aliphatic heterocycles. The molecule has 1 saturated carbocycles. The van der Waals surface area contributed by atoms with Crippen LogP contribution < -0.4 is 0 Å². The van der Waals surface area contributed by atoms with E-state index in [1.165, 1.54) is 31.4 Å². The van der Waals surface area contributed by atoms with E-state index < -0.39 is 0 Å². The quantitative estimate of drug-likeness (QED) is 0.653. The van der Waals surface area contributed by atoms with Crippen molar-refractivity contribution >= 4 is 11.8 Å². The zero-order valence-electron chi connectivity index (χ0n) is 6.83. The van der Waals surface area contributed by atoms with E-state index in [-0.39, 0.29) is 6.10 Å². The highest BCUT2D eigenvalue weighted by atomic mass is 32.2. The molecule has 1 nitrogen and oxygen atoms in total. The van der Waals surface area contributed by atoms with Gasteiger partial charge < -0.3 is 5.11 Å². The van der Waals surface area contributed by atoms with Gasteiger partial charge in [0.15, 0.2) is 0 Å². The van der Waals surface area contributed by atoms with Crippen LogP contribution in [0.5, 0.6) is 0 Å². The summed E-state index contributed by atoms with van der Waals surface area (Å²) in [7, 11) is 0. The van der Waals surface area contributed by atoms with Crippen LogP contribution in [0.3, 0.4) is 0 Å². The predicted octanol–water partition coefficient (Wildman–Crippen LogP) is 2.04. The Balaban J connectivity index is 1.92. The van der Waals surface area contributed by atoms with E-state index in [1.54, 1.807) is 0 Å². The molecule has 0 amide bonds. The highest BCUT2D eigenvalue weighted by Gasteiger charge is 2.34. The molecule has 1 aliphatic carbocycles. The molecule has 1 saturated heterocycles. The first-order valence-electron chi connectivity index (χ1n) is 4.67. The topological polar surface area (TPSA) is 20.2 Å². The minimum atomic E-state index is 0.0168. The minimum absolute atomic E-state index is 0.0168. The minimum Gasteiger partial charge on any atom is -0.392 e. The molecule has 11 heavy (non-hydrogen) atoms. The van der Waals surface area contributed by atoms with Crippen LogP contribution in [0.2, 0.25) is 0 Å². The second kappa shape index (κ2) is 3.36. The molecule has 0 aromatic carbocycles. The molecule has 1 heterocycles. The third-order valence-corrected chi connectivity index (χ3v) is 4.52. The van der Waals surface area contributed by atoms with Gasteiger partial charge in [-0.1, -0.05) is 12.8 Å². The van der Waals surface area contributed by atoms with E-state index in [0.29, 0.717) is 5.25 Å². The number of thioether (sulfide) groups is 1. The fourth-order valence-corrected chi connectivity index (χ4v) is 3.89. The Labute approximate surface area is 72.6 Å². The lowest BCUT2D eigenvalue weighted by molar-refractivity contribution is 0.155. The molecular formula is C9H16OS. The monoisotopic (exact) mass is 172 g/mol. The van der Waals surface area contributed by atoms with E-state index in [2.05, 4.69) is 0 Å². The number of aliphatic hydroxyl groups excluding tert-OH is 1. The van der Waals surface area contributed by atoms with E-state index in [0.717, 1.165) is 12.3 Å². The van der Waals surface area contributed by atoms with Crippen molar-refractivity contribution in [2.45, 2.75) is 43.5 Å². The van der Waals surface area contributed by atoms with Crippen LogP contribution in [0.25, 0.3) is 0 Å². The molecule has 64 valence electrons. The van der Waals surface area contributed by atoms with Crippen LogP contribution in [-0.2, 0) is 0 Å². The summed E-state index contributed by atoms with van der Waals surface area (Å²) in [4.78, 5) is 0. The van der Waals surface area contributed by atoms with Gasteiger partial charge >= 0.3 is 0 Å². The summed E-state index contributed by atoms with van der Waals surface area (Å²) in [6.45, 7) is 0. The highest BCUT2D eigenvalue weighted by Crippen LogP contribution is 2.40. The van der Waals surface area contributed by atoms with Gasteiger partial charge in [-0.3, -0.25) is 0 Å². The summed E-state index contributed by atoms with van der Waals surface area (Å²) in [5, 5.41) is 10.2. The summed E-state index contributed by atoms with van der Waals surface area (Å²) >= 11 is 2.00. The van der Waals surface area contributed by atoms with Gasteiger partial charge in [0, 0.05) is 5.25 Å². The van der Waals surface area contributed by atoms with Gasteiger partial charge in [-0.05, 0) is 30.9 Å². The van der Waals surface area contributed by atoms with Crippen molar-refractivity contribution < 1.29 is 5.11 Å². The maximum Gasteiger partial charge on any atom is 0.0669 e. The standard InChI is InChI=1S/C9H16OS/c10-8-5-6-11-9(8)7-3-1-2-4-7/h7-10H,1-6H2/t8-,9-/m1/s1. The average Bonchev–Trinajstić information content (AvgIpc) is 2.55. The summed E-state index contributed by atoms with van der Waals surface area (Å²) < 4.78 is 0. The van der Waals surface area contributed by atoms with E-state index >= 15 is 0 Å². The molecule has 2 atom stereocenters. The third kappa shape index (κ3) is 1.57. The molecule has 0 radical (unpaired) electrons. The highest BCUT2D eigenvalue weighted by molar-refractivity contribution is 8.00. The van der Waals surface area contributed by atoms with Crippen LogP contribution in [0.1, 0.15) is 32.1 Å². The summed E-state index contributed by atoms with van der Waals surface area (Å²) in [6, 6.07) is 0. The first-order valence-corrected chi connectivity index (χ1v) is 5.72. The lowest BCUT2D eigenvalue weighted by Crippen LogP contribution is -2.24. The first-order chi connectivity index (χ1) is 5.38. The second-order valence-electron chi connectivity index (χ2n) is 3.74. The molecule has 1 N–H and O–H groups in total. The fourth-order valence-electron chi connectivity index (χ4n) is 2.34. The van der Waals surface area contributed by atoms with Gasteiger partial charge in [-0.2, -0.15) is 11.8 Å². The summed E-state index contributed by atoms with van der Waals surface area (Å²) in [5.41, 5.74) is 0. The maximum absolute atomic E-state index is 9.63. The Morgan fingerprint density at radius 2 is 1.82 bits per heavy atom. The number of hydrogen-bond donors (Lipinski definition) is 1. The Morgan fingerprint density at radius 3 is 2.36 bits per heavy atom. The fraction of sp³-hybridized carbons (Fsp3) is 1.00.